The zero-order valence-corrected chi connectivity index (χ0v) is 11.4. The van der Waals surface area contributed by atoms with E-state index in [4.69, 9.17) is 22.9 Å². The highest BCUT2D eigenvalue weighted by molar-refractivity contribution is 7.39. The van der Waals surface area contributed by atoms with Crippen molar-refractivity contribution in [3.8, 4) is 0 Å². The van der Waals surface area contributed by atoms with Crippen molar-refractivity contribution in [1.29, 1.82) is 0 Å². The molecule has 0 amide bonds. The van der Waals surface area contributed by atoms with Gasteiger partial charge in [-0.1, -0.05) is 49.5 Å². The van der Waals surface area contributed by atoms with Gasteiger partial charge in [-0.15, -0.1) is 0 Å². The monoisotopic (exact) mass is 244 g/mol. The predicted molar refractivity (Wildman–Crippen MR) is 70.6 cm³/mol. The second-order valence-electron chi connectivity index (χ2n) is 4.78. The van der Waals surface area contributed by atoms with Crippen molar-refractivity contribution in [1.82, 2.24) is 0 Å². The minimum absolute atomic E-state index is 0.406. The maximum absolute atomic E-state index is 5.82. The summed E-state index contributed by atoms with van der Waals surface area (Å²) in [5.41, 5.74) is 1.95. The first-order valence-electron chi connectivity index (χ1n) is 4.75. The van der Waals surface area contributed by atoms with E-state index >= 15 is 0 Å². The van der Waals surface area contributed by atoms with Crippen LogP contribution in [0.2, 0.25) is 19.6 Å². The summed E-state index contributed by atoms with van der Waals surface area (Å²) in [6.45, 7) is 7.08. The van der Waals surface area contributed by atoms with E-state index in [1.165, 1.54) is 11.6 Å². The van der Waals surface area contributed by atoms with Crippen molar-refractivity contribution < 1.29 is 0 Å². The summed E-state index contributed by atoms with van der Waals surface area (Å²) in [6, 6.07) is 9.45. The molecule has 0 radical (unpaired) electrons. The molecule has 0 N–H and O–H groups in total. The van der Waals surface area contributed by atoms with Crippen molar-refractivity contribution >= 4 is 42.0 Å². The molecule has 0 atom stereocenters. The van der Waals surface area contributed by atoms with Crippen LogP contribution in [0.3, 0.4) is 0 Å². The van der Waals surface area contributed by atoms with Gasteiger partial charge in [0.2, 0.25) is 0 Å². The Morgan fingerprint density at radius 1 is 1.21 bits per heavy atom. The van der Waals surface area contributed by atoms with E-state index < -0.39 is 13.6 Å². The van der Waals surface area contributed by atoms with Gasteiger partial charge in [0.25, 0.3) is 0 Å². The average Bonchev–Trinajstić information content (AvgIpc) is 2.01. The van der Waals surface area contributed by atoms with Gasteiger partial charge in [-0.3, -0.25) is 0 Å². The quantitative estimate of drug-likeness (QED) is 0.717. The van der Waals surface area contributed by atoms with Crippen molar-refractivity contribution in [3.63, 3.8) is 0 Å². The Hall–Kier alpha value is 0.0818. The van der Waals surface area contributed by atoms with E-state index in [9.17, 15) is 0 Å². The molecular formula is C10H15BCl2Si. The van der Waals surface area contributed by atoms with Gasteiger partial charge >= 0.3 is 5.54 Å². The van der Waals surface area contributed by atoms with Crippen LogP contribution in [-0.4, -0.2) is 13.6 Å². The van der Waals surface area contributed by atoms with Crippen LogP contribution in [0.15, 0.2) is 24.3 Å². The normalized spacial score (nSPS) is 11.5. The Morgan fingerprint density at radius 2 is 1.86 bits per heavy atom. The average molecular weight is 245 g/mol. The van der Waals surface area contributed by atoms with Crippen LogP contribution in [-0.2, 0) is 6.04 Å². The van der Waals surface area contributed by atoms with Crippen LogP contribution < -0.4 is 5.46 Å². The first kappa shape index (κ1) is 12.2. The van der Waals surface area contributed by atoms with E-state index in [0.29, 0.717) is 0 Å². The maximum Gasteiger partial charge on any atom is 0.382 e. The van der Waals surface area contributed by atoms with Crippen LogP contribution in [0.4, 0.5) is 0 Å². The van der Waals surface area contributed by atoms with E-state index in [1.807, 2.05) is 12.1 Å². The summed E-state index contributed by atoms with van der Waals surface area (Å²) in [7, 11) is -1.04. The highest BCUT2D eigenvalue weighted by atomic mass is 35.5. The lowest BCUT2D eigenvalue weighted by molar-refractivity contribution is 1.32. The molecule has 0 aliphatic carbocycles. The molecule has 1 aromatic carbocycles. The van der Waals surface area contributed by atoms with Gasteiger partial charge in [0.15, 0.2) is 0 Å². The molecule has 0 aromatic heterocycles. The Balaban J connectivity index is 2.84. The number of hydrogen-bond donors (Lipinski definition) is 0. The SMILES string of the molecule is C[Si](C)(C)Cc1cccc(B(Cl)Cl)c1. The fourth-order valence-corrected chi connectivity index (χ4v) is 3.17. The van der Waals surface area contributed by atoms with Gasteiger partial charge in [0, 0.05) is 8.07 Å². The van der Waals surface area contributed by atoms with Gasteiger partial charge in [-0.25, -0.2) is 0 Å². The smallest absolute Gasteiger partial charge is 0.165 e. The maximum atomic E-state index is 5.82. The molecule has 0 saturated heterocycles. The minimum atomic E-state index is -1.04. The second kappa shape index (κ2) is 4.74. The van der Waals surface area contributed by atoms with Crippen LogP contribution in [0.25, 0.3) is 0 Å². The molecule has 4 heteroatoms. The molecule has 0 unspecified atom stereocenters. The lowest BCUT2D eigenvalue weighted by atomic mass is 9.92. The summed E-state index contributed by atoms with van der Waals surface area (Å²) >= 11 is 11.6. The molecule has 1 aromatic rings. The van der Waals surface area contributed by atoms with Crippen LogP contribution >= 0.6 is 22.9 Å². The summed E-state index contributed by atoms with van der Waals surface area (Å²) < 4.78 is 0. The summed E-state index contributed by atoms with van der Waals surface area (Å²) in [6.07, 6.45) is 0. The zero-order chi connectivity index (χ0) is 10.8. The predicted octanol–water partition coefficient (Wildman–Crippen LogP) is 3.28. The summed E-state index contributed by atoms with van der Waals surface area (Å²) in [5, 5.41) is 0. The molecule has 0 saturated carbocycles. The van der Waals surface area contributed by atoms with Gasteiger partial charge < -0.3 is 0 Å². The molecule has 0 spiro atoms. The molecule has 0 aliphatic heterocycles. The molecular weight excluding hydrogens is 230 g/mol. The molecule has 76 valence electrons. The third-order valence-electron chi connectivity index (χ3n) is 1.94. The molecule has 0 aliphatic rings. The van der Waals surface area contributed by atoms with Gasteiger partial charge in [0.05, 0.1) is 0 Å². The molecule has 0 bridgehead atoms. The second-order valence-corrected chi connectivity index (χ2v) is 11.4. The molecule has 0 nitrogen and oxygen atoms in total. The zero-order valence-electron chi connectivity index (χ0n) is 8.85. The molecule has 14 heavy (non-hydrogen) atoms. The Kier molecular flexibility index (Phi) is 4.11. The van der Waals surface area contributed by atoms with Crippen LogP contribution in [0.1, 0.15) is 5.56 Å². The van der Waals surface area contributed by atoms with Crippen molar-refractivity contribution in [2.75, 3.05) is 0 Å². The largest absolute Gasteiger partial charge is 0.382 e. The van der Waals surface area contributed by atoms with E-state index in [2.05, 4.69) is 31.8 Å². The molecule has 1 rings (SSSR count). The van der Waals surface area contributed by atoms with Crippen molar-refractivity contribution in [2.45, 2.75) is 25.7 Å². The third kappa shape index (κ3) is 4.07. The Bertz CT molecular complexity index is 307. The van der Waals surface area contributed by atoms with E-state index in [1.54, 1.807) is 0 Å². The Labute approximate surface area is 97.5 Å². The number of rotatable bonds is 3. The van der Waals surface area contributed by atoms with Crippen molar-refractivity contribution in [2.24, 2.45) is 0 Å². The first-order chi connectivity index (χ1) is 6.38. The minimum Gasteiger partial charge on any atom is -0.165 e. The van der Waals surface area contributed by atoms with Crippen LogP contribution in [0, 0.1) is 0 Å². The van der Waals surface area contributed by atoms with E-state index in [-0.39, 0.29) is 0 Å². The standard InChI is InChI=1S/C10H15BCl2Si/c1-14(2,3)8-9-5-4-6-10(7-9)11(12)13/h4-7H,8H2,1-3H3. The summed E-state index contributed by atoms with van der Waals surface area (Å²) in [5.74, 6) is 0. The lowest BCUT2D eigenvalue weighted by Crippen LogP contribution is -2.25. The van der Waals surface area contributed by atoms with Gasteiger partial charge in [-0.2, -0.15) is 22.9 Å². The lowest BCUT2D eigenvalue weighted by Gasteiger charge is -2.16. The molecule has 0 fully saturated rings. The van der Waals surface area contributed by atoms with Crippen molar-refractivity contribution in [3.05, 3.63) is 29.8 Å². The first-order valence-corrected chi connectivity index (χ1v) is 9.33. The topological polar surface area (TPSA) is 0 Å². The van der Waals surface area contributed by atoms with Gasteiger partial charge in [-0.05, 0) is 11.5 Å². The highest BCUT2D eigenvalue weighted by Gasteiger charge is 2.15. The summed E-state index contributed by atoms with van der Waals surface area (Å²) in [4.78, 5) is 0. The molecule has 0 heterocycles. The number of hydrogen-bond acceptors (Lipinski definition) is 0. The fraction of sp³-hybridized carbons (Fsp3) is 0.400. The number of halogens is 2. The number of benzene rings is 1. The van der Waals surface area contributed by atoms with Crippen LogP contribution in [0.5, 0.6) is 0 Å². The van der Waals surface area contributed by atoms with Gasteiger partial charge in [0.1, 0.15) is 0 Å². The highest BCUT2D eigenvalue weighted by Crippen LogP contribution is 2.11. The third-order valence-corrected chi connectivity index (χ3v) is 3.91. The Morgan fingerprint density at radius 3 is 2.36 bits per heavy atom. The van der Waals surface area contributed by atoms with E-state index in [0.717, 1.165) is 5.46 Å². The fourth-order valence-electron chi connectivity index (χ4n) is 1.45.